The molecule has 2 nitrogen and oxygen atoms in total. The molecule has 2 heteroatoms. The molecule has 0 bridgehead atoms. The molecule has 0 amide bonds. The number of nitrogens with zero attached hydrogens (tertiary/aromatic N) is 1. The summed E-state index contributed by atoms with van der Waals surface area (Å²) in [7, 11) is 0. The first-order valence-electron chi connectivity index (χ1n) is 11.8. The zero-order valence-electron chi connectivity index (χ0n) is 19.5. The third kappa shape index (κ3) is 5.13. The van der Waals surface area contributed by atoms with Gasteiger partial charge in [-0.2, -0.15) is 0 Å². The number of rotatable bonds is 7. The van der Waals surface area contributed by atoms with E-state index in [1.165, 1.54) is 0 Å². The van der Waals surface area contributed by atoms with Crippen molar-refractivity contribution in [2.45, 2.75) is 12.0 Å². The third-order valence-corrected chi connectivity index (χ3v) is 6.23. The molecule has 0 saturated heterocycles. The van der Waals surface area contributed by atoms with Gasteiger partial charge in [-0.15, -0.1) is 0 Å². The maximum Gasteiger partial charge on any atom is 0.120 e. The lowest BCUT2D eigenvalue weighted by atomic mass is 9.82. The molecule has 170 valence electrons. The van der Waals surface area contributed by atoms with Crippen LogP contribution >= 0.6 is 0 Å². The summed E-state index contributed by atoms with van der Waals surface area (Å²) in [4.78, 5) is 4.96. The molecule has 0 aliphatic rings. The van der Waals surface area contributed by atoms with Crippen molar-refractivity contribution in [3.8, 4) is 0 Å². The van der Waals surface area contributed by atoms with Gasteiger partial charge in [-0.3, -0.25) is 4.98 Å². The van der Waals surface area contributed by atoms with Gasteiger partial charge in [0.25, 0.3) is 0 Å². The molecule has 0 fully saturated rings. The van der Waals surface area contributed by atoms with Crippen LogP contribution in [0, 0.1) is 0 Å². The van der Waals surface area contributed by atoms with Gasteiger partial charge >= 0.3 is 0 Å². The lowest BCUT2D eigenvalue weighted by Crippen LogP contribution is -2.30. The Hall–Kier alpha value is -4.27. The quantitative estimate of drug-likeness (QED) is 0.284. The Morgan fingerprint density at radius 2 is 1.03 bits per heavy atom. The van der Waals surface area contributed by atoms with E-state index in [2.05, 4.69) is 54.6 Å². The molecule has 0 aliphatic heterocycles. The first-order chi connectivity index (χ1) is 17.2. The Morgan fingerprint density at radius 3 is 1.51 bits per heavy atom. The van der Waals surface area contributed by atoms with E-state index in [1.54, 1.807) is 0 Å². The van der Waals surface area contributed by atoms with Gasteiger partial charge in [-0.25, -0.2) is 0 Å². The molecule has 1 aromatic heterocycles. The molecule has 0 atom stereocenters. The highest BCUT2D eigenvalue weighted by Gasteiger charge is 2.32. The number of pyridine rings is 1. The Morgan fingerprint density at radius 1 is 0.571 bits per heavy atom. The van der Waals surface area contributed by atoms with E-state index in [-0.39, 0.29) is 0 Å². The summed E-state index contributed by atoms with van der Waals surface area (Å²) in [5.74, 6) is 0. The SMILES string of the molecule is OC(Cc1cccc(C=C(c2ccccc2)c2ccccc2)n1)(c1ccccc1)c1ccccc1. The summed E-state index contributed by atoms with van der Waals surface area (Å²) in [5, 5.41) is 12.0. The molecule has 1 heterocycles. The summed E-state index contributed by atoms with van der Waals surface area (Å²) in [5.41, 5.74) is 5.58. The van der Waals surface area contributed by atoms with Crippen molar-refractivity contribution in [1.29, 1.82) is 0 Å². The number of aliphatic hydroxyl groups is 1. The van der Waals surface area contributed by atoms with E-state index < -0.39 is 5.60 Å². The highest BCUT2D eigenvalue weighted by molar-refractivity contribution is 5.90. The molecule has 35 heavy (non-hydrogen) atoms. The summed E-state index contributed by atoms with van der Waals surface area (Å²) >= 11 is 0. The minimum absolute atomic E-state index is 0.370. The zero-order chi connectivity index (χ0) is 23.9. The van der Waals surface area contributed by atoms with Crippen LogP contribution in [0.3, 0.4) is 0 Å². The smallest absolute Gasteiger partial charge is 0.120 e. The van der Waals surface area contributed by atoms with Crippen molar-refractivity contribution in [3.63, 3.8) is 0 Å². The van der Waals surface area contributed by atoms with Crippen LogP contribution in [0.15, 0.2) is 140 Å². The Balaban J connectivity index is 1.55. The average molecular weight is 454 g/mol. The Kier molecular flexibility index (Phi) is 6.65. The Bertz CT molecular complexity index is 1310. The van der Waals surface area contributed by atoms with Crippen LogP contribution in [-0.4, -0.2) is 10.1 Å². The van der Waals surface area contributed by atoms with Gasteiger partial charge in [0.05, 0.1) is 5.69 Å². The highest BCUT2D eigenvalue weighted by Crippen LogP contribution is 2.33. The molecule has 0 saturated carbocycles. The van der Waals surface area contributed by atoms with Crippen molar-refractivity contribution in [2.75, 3.05) is 0 Å². The maximum atomic E-state index is 12.0. The third-order valence-electron chi connectivity index (χ3n) is 6.23. The van der Waals surface area contributed by atoms with E-state index in [9.17, 15) is 5.11 Å². The van der Waals surface area contributed by atoms with Gasteiger partial charge in [0.1, 0.15) is 5.60 Å². The topological polar surface area (TPSA) is 33.1 Å². The molecule has 5 aromatic rings. The van der Waals surface area contributed by atoms with Crippen LogP contribution in [0.25, 0.3) is 11.6 Å². The maximum absolute atomic E-state index is 12.0. The van der Waals surface area contributed by atoms with Crippen molar-refractivity contribution in [1.82, 2.24) is 4.98 Å². The second-order valence-corrected chi connectivity index (χ2v) is 8.61. The van der Waals surface area contributed by atoms with Crippen LogP contribution in [0.5, 0.6) is 0 Å². The van der Waals surface area contributed by atoms with Gasteiger partial charge in [0.2, 0.25) is 0 Å². The van der Waals surface area contributed by atoms with Gasteiger partial charge < -0.3 is 5.11 Å². The molecular formula is C33H27NO. The molecule has 0 radical (unpaired) electrons. The largest absolute Gasteiger partial charge is 0.380 e. The zero-order valence-corrected chi connectivity index (χ0v) is 19.5. The van der Waals surface area contributed by atoms with Crippen LogP contribution < -0.4 is 0 Å². The fraction of sp³-hybridized carbons (Fsp3) is 0.0606. The second-order valence-electron chi connectivity index (χ2n) is 8.61. The molecule has 0 unspecified atom stereocenters. The van der Waals surface area contributed by atoms with Gasteiger partial charge in [-0.05, 0) is 46.0 Å². The van der Waals surface area contributed by atoms with Crippen LogP contribution in [0.2, 0.25) is 0 Å². The van der Waals surface area contributed by atoms with Gasteiger partial charge in [0.15, 0.2) is 0 Å². The minimum atomic E-state index is -1.18. The van der Waals surface area contributed by atoms with E-state index in [0.29, 0.717) is 6.42 Å². The predicted octanol–water partition coefficient (Wildman–Crippen LogP) is 7.15. The summed E-state index contributed by atoms with van der Waals surface area (Å²) in [6.45, 7) is 0. The number of hydrogen-bond acceptors (Lipinski definition) is 2. The van der Waals surface area contributed by atoms with Crippen LogP contribution in [0.1, 0.15) is 33.6 Å². The molecule has 0 spiro atoms. The number of benzene rings is 4. The monoisotopic (exact) mass is 453 g/mol. The summed E-state index contributed by atoms with van der Waals surface area (Å²) in [6, 6.07) is 46.4. The lowest BCUT2D eigenvalue weighted by molar-refractivity contribution is 0.0800. The standard InChI is InChI=1S/C33H27NO/c35-33(28-18-9-3-10-19-28,29-20-11-4-12-21-29)25-31-23-13-22-30(34-31)24-32(26-14-5-1-6-15-26)27-16-7-2-8-17-27/h1-24,35H,25H2. The number of hydrogen-bond donors (Lipinski definition) is 1. The minimum Gasteiger partial charge on any atom is -0.380 e. The highest BCUT2D eigenvalue weighted by atomic mass is 16.3. The van der Waals surface area contributed by atoms with Crippen LogP contribution in [0.4, 0.5) is 0 Å². The molecule has 5 rings (SSSR count). The fourth-order valence-corrected chi connectivity index (χ4v) is 4.45. The van der Waals surface area contributed by atoms with E-state index in [4.69, 9.17) is 4.98 Å². The molecule has 4 aromatic carbocycles. The van der Waals surface area contributed by atoms with Crippen molar-refractivity contribution in [3.05, 3.63) is 173 Å². The lowest BCUT2D eigenvalue weighted by Gasteiger charge is -2.29. The first kappa shape index (κ1) is 22.5. The molecule has 1 N–H and O–H groups in total. The summed E-state index contributed by atoms with van der Waals surface area (Å²) in [6.07, 6.45) is 2.49. The fourth-order valence-electron chi connectivity index (χ4n) is 4.45. The van der Waals surface area contributed by atoms with E-state index in [0.717, 1.165) is 39.2 Å². The molecular weight excluding hydrogens is 426 g/mol. The van der Waals surface area contributed by atoms with Crippen molar-refractivity contribution >= 4 is 11.6 Å². The van der Waals surface area contributed by atoms with Crippen LogP contribution in [-0.2, 0) is 12.0 Å². The van der Waals surface area contributed by atoms with Crippen molar-refractivity contribution < 1.29 is 5.11 Å². The normalized spacial score (nSPS) is 11.1. The van der Waals surface area contributed by atoms with Gasteiger partial charge in [0, 0.05) is 12.1 Å². The second kappa shape index (κ2) is 10.3. The van der Waals surface area contributed by atoms with E-state index >= 15 is 0 Å². The predicted molar refractivity (Wildman–Crippen MR) is 144 cm³/mol. The number of aromatic nitrogens is 1. The van der Waals surface area contributed by atoms with Gasteiger partial charge in [-0.1, -0.05) is 127 Å². The summed E-state index contributed by atoms with van der Waals surface area (Å²) < 4.78 is 0. The van der Waals surface area contributed by atoms with Crippen molar-refractivity contribution in [2.24, 2.45) is 0 Å². The molecule has 0 aliphatic carbocycles. The van der Waals surface area contributed by atoms with E-state index in [1.807, 2.05) is 91.0 Å². The Labute approximate surface area is 206 Å². The first-order valence-corrected chi connectivity index (χ1v) is 11.8. The average Bonchev–Trinajstić information content (AvgIpc) is 2.94.